The van der Waals surface area contributed by atoms with E-state index in [1.807, 2.05) is 60.7 Å². The van der Waals surface area contributed by atoms with Crippen LogP contribution in [-0.4, -0.2) is 123 Å². The minimum absolute atomic E-state index is 0. The van der Waals surface area contributed by atoms with E-state index in [2.05, 4.69) is 16.2 Å². The number of fused-ring (bicyclic) bond motifs is 4. The van der Waals surface area contributed by atoms with Crippen LogP contribution in [0.4, 0.5) is 9.59 Å². The second-order valence-corrected chi connectivity index (χ2v) is 16.1. The molecular weight excluding hydrogens is 809 g/mol. The highest BCUT2D eigenvalue weighted by atomic mass is 16.7. The van der Waals surface area contributed by atoms with Crippen molar-refractivity contribution in [2.45, 2.75) is 138 Å². The summed E-state index contributed by atoms with van der Waals surface area (Å²) in [6.45, 7) is 11.4. The number of carboxylic acids is 1. The maximum Gasteiger partial charge on any atom is 0.345 e. The Balaban J connectivity index is 0.000000507. The molecule has 0 unspecified atom stereocenters. The lowest BCUT2D eigenvalue weighted by Gasteiger charge is -2.29. The number of rotatable bonds is 13. The third kappa shape index (κ3) is 16.5. The number of esters is 2. The van der Waals surface area contributed by atoms with Crippen LogP contribution in [0, 0.1) is 0 Å². The normalized spacial score (nSPS) is 19.9. The van der Waals surface area contributed by atoms with Crippen LogP contribution in [0.1, 0.15) is 101 Å². The summed E-state index contributed by atoms with van der Waals surface area (Å²) in [6.07, 6.45) is 2.27. The Labute approximate surface area is 365 Å². The van der Waals surface area contributed by atoms with Crippen LogP contribution in [-0.2, 0) is 61.2 Å². The van der Waals surface area contributed by atoms with Gasteiger partial charge in [0.25, 0.3) is 5.91 Å². The van der Waals surface area contributed by atoms with Gasteiger partial charge in [0, 0.05) is 13.1 Å². The molecule has 4 aliphatic rings. The molecule has 2 aromatic rings. The van der Waals surface area contributed by atoms with E-state index in [0.29, 0.717) is 45.4 Å². The number of hydrogen-bond acceptors (Lipinski definition) is 13. The van der Waals surface area contributed by atoms with Crippen molar-refractivity contribution in [3.63, 3.8) is 0 Å². The first-order valence-corrected chi connectivity index (χ1v) is 19.3. The third-order valence-electron chi connectivity index (χ3n) is 9.06. The molecule has 4 bridgehead atoms. The number of benzene rings is 2. The lowest BCUT2D eigenvalue weighted by atomic mass is 10.0. The molecule has 348 valence electrons. The fraction of sp³-hybridized carbons (Fsp3) is 0.581. The summed E-state index contributed by atoms with van der Waals surface area (Å²) in [4.78, 5) is 93.9. The van der Waals surface area contributed by atoms with Crippen molar-refractivity contribution < 1.29 is 62.7 Å². The highest BCUT2D eigenvalue weighted by Crippen LogP contribution is 2.32. The highest BCUT2D eigenvalue weighted by Gasteiger charge is 2.49. The molecular formula is C43H68N6O13. The van der Waals surface area contributed by atoms with E-state index in [0.717, 1.165) is 11.1 Å². The molecule has 4 fully saturated rings. The molecule has 4 heterocycles. The van der Waals surface area contributed by atoms with E-state index < -0.39 is 53.7 Å². The predicted octanol–water partition coefficient (Wildman–Crippen LogP) is 5.37. The van der Waals surface area contributed by atoms with Crippen molar-refractivity contribution in [3.8, 4) is 0 Å². The Hall–Kier alpha value is -5.34. The number of aliphatic carboxylic acids is 1. The Morgan fingerprint density at radius 2 is 1.06 bits per heavy atom. The Kier molecular flexibility index (Phi) is 22.0. The zero-order valence-corrected chi connectivity index (χ0v) is 34.4. The van der Waals surface area contributed by atoms with Crippen molar-refractivity contribution in [2.24, 2.45) is 5.90 Å². The van der Waals surface area contributed by atoms with E-state index in [4.69, 9.17) is 29.1 Å². The molecule has 0 aliphatic carbocycles. The van der Waals surface area contributed by atoms with Gasteiger partial charge in [0.2, 0.25) is 0 Å². The molecule has 0 spiro atoms. The molecule has 19 heteroatoms. The summed E-state index contributed by atoms with van der Waals surface area (Å²) in [5, 5.41) is 11.8. The monoisotopic (exact) mass is 876 g/mol. The zero-order chi connectivity index (χ0) is 43.3. The standard InChI is InChI=1S/C20H27N3O6.C14H16N2O4.C6H13NO3.3CH4/c1-20(2,3)29-17(24)13-27-21-18(25)16-10-9-15-11-22(16)19(26)23(15)28-12-14-7-5-4-6-8-14;17-13(18)12-7-6-11-8-15(12)14(19)16(11)20-9-10-4-2-1-3-5-10;1-6(2,3)10-5(8)4-9-7;;;/h4-8,15-16H,9-13H2,1-3H3,(H,21,25);1-5,11-12H,6-9H2,(H,17,18);4,7H2,1-3H3;3*1H4/t15-,16+;11-,12+;;;;/m11..../s1. The Morgan fingerprint density at radius 1 is 0.661 bits per heavy atom. The molecule has 4 N–H and O–H groups in total. The number of nitrogens with zero attached hydrogens (tertiary/aromatic N) is 4. The average Bonchev–Trinajstić information content (AvgIpc) is 3.55. The fourth-order valence-electron chi connectivity index (χ4n) is 6.61. The summed E-state index contributed by atoms with van der Waals surface area (Å²) < 4.78 is 9.94. The van der Waals surface area contributed by atoms with Gasteiger partial charge in [-0.05, 0) is 78.4 Å². The summed E-state index contributed by atoms with van der Waals surface area (Å²) in [6, 6.07) is 17.0. The number of carbonyl (C=O) groups is 6. The minimum atomic E-state index is -0.943. The SMILES string of the molecule is C.C.C.CC(C)(C)OC(=O)CON.CC(C)(C)OC(=O)CONC(=O)[C@@H]1CC[C@@H]2CN1C(=O)N2OCc1ccccc1.O=C(O)[C@@H]1CC[C@@H]2CN1C(=O)N2OCc1ccccc1. The molecule has 0 saturated carbocycles. The number of nitrogens with two attached hydrogens (primary N) is 1. The first-order valence-electron chi connectivity index (χ1n) is 19.3. The number of urea groups is 2. The molecule has 6 rings (SSSR count). The van der Waals surface area contributed by atoms with Crippen molar-refractivity contribution >= 4 is 35.9 Å². The number of carbonyl (C=O) groups excluding carboxylic acids is 5. The zero-order valence-electron chi connectivity index (χ0n) is 34.4. The van der Waals surface area contributed by atoms with E-state index in [-0.39, 0.29) is 59.6 Å². The van der Waals surface area contributed by atoms with E-state index in [1.165, 1.54) is 19.9 Å². The van der Waals surface area contributed by atoms with Gasteiger partial charge in [-0.3, -0.25) is 24.1 Å². The topological polar surface area (TPSA) is 229 Å². The van der Waals surface area contributed by atoms with Gasteiger partial charge in [-0.15, -0.1) is 0 Å². The van der Waals surface area contributed by atoms with Crippen molar-refractivity contribution in [2.75, 3.05) is 26.3 Å². The number of carboxylic acid groups (broad SMARTS) is 1. The molecule has 5 amide bonds. The molecule has 4 atom stereocenters. The maximum atomic E-state index is 12.7. The third-order valence-corrected chi connectivity index (χ3v) is 9.06. The number of ether oxygens (including phenoxy) is 2. The number of nitrogens with one attached hydrogen (secondary N) is 1. The van der Waals surface area contributed by atoms with Gasteiger partial charge < -0.3 is 24.4 Å². The quantitative estimate of drug-likeness (QED) is 0.170. The van der Waals surface area contributed by atoms with Gasteiger partial charge in [0.15, 0.2) is 13.2 Å². The van der Waals surface area contributed by atoms with E-state index in [1.54, 1.807) is 41.5 Å². The average molecular weight is 877 g/mol. The smallest absolute Gasteiger partial charge is 0.345 e. The van der Waals surface area contributed by atoms with Crippen LogP contribution >= 0.6 is 0 Å². The van der Waals surface area contributed by atoms with Gasteiger partial charge in [0.05, 0.1) is 12.1 Å². The molecule has 19 nitrogen and oxygen atoms in total. The molecule has 2 aromatic carbocycles. The van der Waals surface area contributed by atoms with Crippen LogP contribution in [0.25, 0.3) is 0 Å². The summed E-state index contributed by atoms with van der Waals surface area (Å²) in [7, 11) is 0. The predicted molar refractivity (Wildman–Crippen MR) is 228 cm³/mol. The second-order valence-electron chi connectivity index (χ2n) is 16.1. The molecule has 0 aromatic heterocycles. The highest BCUT2D eigenvalue weighted by molar-refractivity contribution is 5.88. The molecule has 0 radical (unpaired) electrons. The number of piperidine rings is 2. The largest absolute Gasteiger partial charge is 0.480 e. The fourth-order valence-corrected chi connectivity index (χ4v) is 6.61. The van der Waals surface area contributed by atoms with E-state index in [9.17, 15) is 28.8 Å². The summed E-state index contributed by atoms with van der Waals surface area (Å²) in [5.74, 6) is 2.20. The second kappa shape index (κ2) is 24.9. The number of hydrogen-bond donors (Lipinski definition) is 3. The van der Waals surface area contributed by atoms with Gasteiger partial charge in [-0.2, -0.15) is 10.1 Å². The van der Waals surface area contributed by atoms with E-state index >= 15 is 0 Å². The van der Waals surface area contributed by atoms with Gasteiger partial charge in [-0.1, -0.05) is 82.9 Å². The van der Waals surface area contributed by atoms with Gasteiger partial charge in [-0.25, -0.2) is 35.3 Å². The van der Waals surface area contributed by atoms with Crippen LogP contribution in [0.3, 0.4) is 0 Å². The first-order chi connectivity index (χ1) is 27.9. The summed E-state index contributed by atoms with van der Waals surface area (Å²) >= 11 is 0. The maximum absolute atomic E-state index is 12.7. The van der Waals surface area contributed by atoms with Crippen LogP contribution in [0.5, 0.6) is 0 Å². The first kappa shape index (κ1) is 54.7. The van der Waals surface area contributed by atoms with Crippen molar-refractivity contribution in [3.05, 3.63) is 71.8 Å². The number of amides is 5. The minimum Gasteiger partial charge on any atom is -0.480 e. The number of hydroxylamine groups is 5. The van der Waals surface area contributed by atoms with Crippen LogP contribution in [0.15, 0.2) is 60.7 Å². The Morgan fingerprint density at radius 3 is 1.47 bits per heavy atom. The molecule has 4 saturated heterocycles. The lowest BCUT2D eigenvalue weighted by molar-refractivity contribution is -0.165. The molecule has 62 heavy (non-hydrogen) atoms. The molecule has 4 aliphatic heterocycles. The van der Waals surface area contributed by atoms with Gasteiger partial charge >= 0.3 is 30.0 Å². The van der Waals surface area contributed by atoms with Crippen LogP contribution < -0.4 is 11.4 Å². The lowest BCUT2D eigenvalue weighted by Crippen LogP contribution is -2.50. The van der Waals surface area contributed by atoms with Crippen LogP contribution in [0.2, 0.25) is 0 Å². The summed E-state index contributed by atoms with van der Waals surface area (Å²) in [5.41, 5.74) is 3.10. The van der Waals surface area contributed by atoms with Crippen molar-refractivity contribution in [1.29, 1.82) is 0 Å². The Bertz CT molecular complexity index is 1740. The van der Waals surface area contributed by atoms with Gasteiger partial charge in [0.1, 0.15) is 36.5 Å². The van der Waals surface area contributed by atoms with Crippen molar-refractivity contribution in [1.82, 2.24) is 25.4 Å².